The van der Waals surface area contributed by atoms with Crippen LogP contribution >= 0.6 is 0 Å². The van der Waals surface area contributed by atoms with Crippen LogP contribution in [0.2, 0.25) is 0 Å². The van der Waals surface area contributed by atoms with Gasteiger partial charge in [0, 0.05) is 31.5 Å². The number of carbonyl (C=O) groups excluding carboxylic acids is 1. The van der Waals surface area contributed by atoms with Crippen molar-refractivity contribution < 1.29 is 21.6 Å². The predicted molar refractivity (Wildman–Crippen MR) is 102 cm³/mol. The summed E-state index contributed by atoms with van der Waals surface area (Å²) < 4.78 is 50.8. The van der Waals surface area contributed by atoms with E-state index < -0.39 is 19.9 Å². The van der Waals surface area contributed by atoms with Crippen molar-refractivity contribution >= 4 is 31.5 Å². The van der Waals surface area contributed by atoms with Gasteiger partial charge in [-0.1, -0.05) is 18.2 Å². The minimum absolute atomic E-state index is 0.0291. The molecule has 0 radical (unpaired) electrons. The van der Waals surface area contributed by atoms with E-state index in [0.717, 1.165) is 24.4 Å². The normalized spacial score (nSPS) is 15.3. The van der Waals surface area contributed by atoms with Gasteiger partial charge in [-0.25, -0.2) is 21.6 Å². The first kappa shape index (κ1) is 19.5. The smallest absolute Gasteiger partial charge is 0.240 e. The Morgan fingerprint density at radius 1 is 1.00 bits per heavy atom. The van der Waals surface area contributed by atoms with Crippen molar-refractivity contribution in [2.45, 2.75) is 29.2 Å². The van der Waals surface area contributed by atoms with Gasteiger partial charge in [0.2, 0.25) is 15.9 Å². The van der Waals surface area contributed by atoms with Gasteiger partial charge in [0.1, 0.15) is 0 Å². The van der Waals surface area contributed by atoms with E-state index in [1.165, 1.54) is 18.2 Å². The number of hydrogen-bond donors (Lipinski definition) is 1. The molecule has 2 aromatic carbocycles. The molecule has 1 N–H and O–H groups in total. The molecule has 0 spiro atoms. The largest absolute Gasteiger partial charge is 0.312 e. The molecule has 144 valence electrons. The van der Waals surface area contributed by atoms with Crippen molar-refractivity contribution in [3.63, 3.8) is 0 Å². The predicted octanol–water partition coefficient (Wildman–Crippen LogP) is 1.70. The number of amides is 1. The lowest BCUT2D eigenvalue weighted by Gasteiger charge is -2.16. The van der Waals surface area contributed by atoms with Gasteiger partial charge in [-0.2, -0.15) is 0 Å². The van der Waals surface area contributed by atoms with Crippen LogP contribution in [0.5, 0.6) is 0 Å². The summed E-state index contributed by atoms with van der Waals surface area (Å²) in [6.45, 7) is 0.688. The molecule has 0 bridgehead atoms. The topological polar surface area (TPSA) is 101 Å². The number of nitrogens with one attached hydrogen (secondary N) is 1. The number of rotatable bonds is 6. The van der Waals surface area contributed by atoms with Gasteiger partial charge < -0.3 is 4.90 Å². The van der Waals surface area contributed by atoms with E-state index in [1.54, 1.807) is 23.1 Å². The molecule has 0 atom stereocenters. The van der Waals surface area contributed by atoms with Crippen LogP contribution in [0.15, 0.2) is 58.3 Å². The first-order valence-electron chi connectivity index (χ1n) is 8.36. The number of hydrogen-bond acceptors (Lipinski definition) is 5. The van der Waals surface area contributed by atoms with Crippen LogP contribution < -0.4 is 9.62 Å². The van der Waals surface area contributed by atoms with E-state index in [0.29, 0.717) is 18.5 Å². The molecule has 0 saturated carbocycles. The molecule has 7 nitrogen and oxygen atoms in total. The van der Waals surface area contributed by atoms with Crippen LogP contribution in [-0.2, 0) is 31.2 Å². The van der Waals surface area contributed by atoms with Gasteiger partial charge in [-0.05, 0) is 42.3 Å². The molecular weight excluding hydrogens is 388 g/mol. The molecular formula is C18H20N2O5S2. The third-order valence-electron chi connectivity index (χ3n) is 4.31. The fourth-order valence-corrected chi connectivity index (χ4v) is 4.69. The lowest BCUT2D eigenvalue weighted by atomic mass is 10.2. The molecule has 1 fully saturated rings. The molecule has 0 unspecified atom stereocenters. The summed E-state index contributed by atoms with van der Waals surface area (Å²) in [5, 5.41) is 0. The molecule has 27 heavy (non-hydrogen) atoms. The highest BCUT2D eigenvalue weighted by Gasteiger charge is 2.22. The molecule has 1 heterocycles. The van der Waals surface area contributed by atoms with Gasteiger partial charge in [0.05, 0.1) is 9.79 Å². The first-order valence-corrected chi connectivity index (χ1v) is 11.7. The van der Waals surface area contributed by atoms with E-state index >= 15 is 0 Å². The second-order valence-corrected chi connectivity index (χ2v) is 10.2. The second-order valence-electron chi connectivity index (χ2n) is 6.39. The van der Waals surface area contributed by atoms with Crippen LogP contribution in [0.3, 0.4) is 0 Å². The number of benzene rings is 2. The Labute approximate surface area is 159 Å². The zero-order chi connectivity index (χ0) is 19.7. The number of sulfone groups is 1. The van der Waals surface area contributed by atoms with Gasteiger partial charge in [0.15, 0.2) is 9.84 Å². The zero-order valence-corrected chi connectivity index (χ0v) is 16.4. The number of carbonyl (C=O) groups is 1. The molecule has 2 aromatic rings. The van der Waals surface area contributed by atoms with Crippen molar-refractivity contribution in [2.75, 3.05) is 17.7 Å². The fraction of sp³-hybridized carbons (Fsp3) is 0.278. The highest BCUT2D eigenvalue weighted by molar-refractivity contribution is 7.91. The molecule has 1 aliphatic rings. The van der Waals surface area contributed by atoms with Gasteiger partial charge in [0.25, 0.3) is 0 Å². The molecule has 9 heteroatoms. The average Bonchev–Trinajstić information content (AvgIpc) is 3.06. The quantitative estimate of drug-likeness (QED) is 0.784. The number of anilines is 1. The van der Waals surface area contributed by atoms with E-state index in [4.69, 9.17) is 0 Å². The molecule has 0 aromatic heterocycles. The minimum atomic E-state index is -3.88. The van der Waals surface area contributed by atoms with E-state index in [2.05, 4.69) is 4.72 Å². The van der Waals surface area contributed by atoms with E-state index in [1.807, 2.05) is 6.07 Å². The van der Waals surface area contributed by atoms with E-state index in [-0.39, 0.29) is 22.2 Å². The monoisotopic (exact) mass is 408 g/mol. The lowest BCUT2D eigenvalue weighted by molar-refractivity contribution is -0.117. The summed E-state index contributed by atoms with van der Waals surface area (Å²) in [5.74, 6) is 0.0605. The van der Waals surface area contributed by atoms with Crippen LogP contribution in [0.1, 0.15) is 18.4 Å². The zero-order valence-electron chi connectivity index (χ0n) is 14.8. The Balaban J connectivity index is 1.77. The Bertz CT molecular complexity index is 1080. The fourth-order valence-electron chi connectivity index (χ4n) is 2.89. The Morgan fingerprint density at radius 3 is 2.37 bits per heavy atom. The summed E-state index contributed by atoms with van der Waals surface area (Å²) in [4.78, 5) is 13.4. The highest BCUT2D eigenvalue weighted by atomic mass is 32.2. The van der Waals surface area contributed by atoms with Crippen molar-refractivity contribution in [2.24, 2.45) is 0 Å². The Kier molecular flexibility index (Phi) is 5.36. The van der Waals surface area contributed by atoms with Crippen molar-refractivity contribution in [1.29, 1.82) is 0 Å². The molecule has 3 rings (SSSR count). The van der Waals surface area contributed by atoms with Gasteiger partial charge in [-0.3, -0.25) is 4.79 Å². The highest BCUT2D eigenvalue weighted by Crippen LogP contribution is 2.22. The third kappa shape index (κ3) is 4.55. The first-order chi connectivity index (χ1) is 12.7. The van der Waals surface area contributed by atoms with Crippen molar-refractivity contribution in [1.82, 2.24) is 4.72 Å². The summed E-state index contributed by atoms with van der Waals surface area (Å²) in [6.07, 6.45) is 2.36. The van der Waals surface area contributed by atoms with Crippen LogP contribution in [0.25, 0.3) is 0 Å². The molecule has 1 amide bonds. The molecule has 1 saturated heterocycles. The summed E-state index contributed by atoms with van der Waals surface area (Å²) >= 11 is 0. The minimum Gasteiger partial charge on any atom is -0.312 e. The summed E-state index contributed by atoms with van der Waals surface area (Å²) in [7, 11) is -7.38. The van der Waals surface area contributed by atoms with Gasteiger partial charge in [-0.15, -0.1) is 0 Å². The van der Waals surface area contributed by atoms with Crippen LogP contribution in [0.4, 0.5) is 5.69 Å². The van der Waals surface area contributed by atoms with Crippen molar-refractivity contribution in [3.05, 3.63) is 54.1 Å². The molecule has 1 aliphatic heterocycles. The Morgan fingerprint density at radius 2 is 1.70 bits per heavy atom. The van der Waals surface area contributed by atoms with Gasteiger partial charge >= 0.3 is 0 Å². The van der Waals surface area contributed by atoms with Crippen molar-refractivity contribution in [3.8, 4) is 0 Å². The summed E-state index contributed by atoms with van der Waals surface area (Å²) in [6, 6.07) is 12.4. The Hall–Kier alpha value is -2.23. The maximum absolute atomic E-state index is 12.5. The average molecular weight is 409 g/mol. The van der Waals surface area contributed by atoms with E-state index in [9.17, 15) is 21.6 Å². The maximum atomic E-state index is 12.5. The second kappa shape index (κ2) is 7.41. The number of nitrogens with zero attached hydrogens (tertiary/aromatic N) is 1. The number of sulfonamides is 1. The third-order valence-corrected chi connectivity index (χ3v) is 6.82. The van der Waals surface area contributed by atoms with Crippen LogP contribution in [0, 0.1) is 0 Å². The maximum Gasteiger partial charge on any atom is 0.240 e. The van der Waals surface area contributed by atoms with Crippen LogP contribution in [-0.4, -0.2) is 35.5 Å². The standard InChI is InChI=1S/C18H20N2O5S2/c1-26(22,23)16-7-3-8-17(12-16)27(24,25)19-13-14-5-2-6-15(11-14)20-10-4-9-18(20)21/h2-3,5-8,11-12,19H,4,9-10,13H2,1H3. The summed E-state index contributed by atoms with van der Waals surface area (Å²) in [5.41, 5.74) is 1.45. The molecule has 0 aliphatic carbocycles. The lowest BCUT2D eigenvalue weighted by Crippen LogP contribution is -2.25. The SMILES string of the molecule is CS(=O)(=O)c1cccc(S(=O)(=O)NCc2cccc(N3CCCC3=O)c2)c1.